The lowest BCUT2D eigenvalue weighted by atomic mass is 10.2. The quantitative estimate of drug-likeness (QED) is 0.864. The van der Waals surface area contributed by atoms with Crippen molar-refractivity contribution in [3.8, 4) is 11.5 Å². The third kappa shape index (κ3) is 2.60. The van der Waals surface area contributed by atoms with Crippen LogP contribution in [0.25, 0.3) is 0 Å². The molecule has 4 heteroatoms. The Morgan fingerprint density at radius 1 is 1.31 bits per heavy atom. The molecule has 16 heavy (non-hydrogen) atoms. The Kier molecular flexibility index (Phi) is 3.91. The fourth-order valence-corrected chi connectivity index (χ4v) is 2.41. The normalized spacial score (nSPS) is 24.4. The summed E-state index contributed by atoms with van der Waals surface area (Å²) in [5.41, 5.74) is 0. The van der Waals surface area contributed by atoms with Crippen LogP contribution >= 0.6 is 22.6 Å². The van der Waals surface area contributed by atoms with Gasteiger partial charge in [0, 0.05) is 3.57 Å². The first-order valence-electron chi connectivity index (χ1n) is 5.39. The smallest absolute Gasteiger partial charge is 0.161 e. The molecule has 0 bridgehead atoms. The highest BCUT2D eigenvalue weighted by Crippen LogP contribution is 2.32. The van der Waals surface area contributed by atoms with Gasteiger partial charge < -0.3 is 14.6 Å². The van der Waals surface area contributed by atoms with Gasteiger partial charge in [-0.15, -0.1) is 0 Å². The van der Waals surface area contributed by atoms with Crippen LogP contribution in [0, 0.1) is 3.57 Å². The van der Waals surface area contributed by atoms with Gasteiger partial charge in [0.2, 0.25) is 0 Å². The fraction of sp³-hybridized carbons (Fsp3) is 0.500. The summed E-state index contributed by atoms with van der Waals surface area (Å²) in [6, 6.07) is 5.79. The largest absolute Gasteiger partial charge is 0.493 e. The molecule has 88 valence electrons. The van der Waals surface area contributed by atoms with Gasteiger partial charge in [0.15, 0.2) is 11.5 Å². The molecule has 0 heterocycles. The lowest BCUT2D eigenvalue weighted by Gasteiger charge is -2.18. The van der Waals surface area contributed by atoms with E-state index in [4.69, 9.17) is 9.47 Å². The molecular weight excluding hydrogens is 319 g/mol. The van der Waals surface area contributed by atoms with Crippen molar-refractivity contribution in [2.75, 3.05) is 7.11 Å². The second-order valence-electron chi connectivity index (χ2n) is 3.95. The van der Waals surface area contributed by atoms with Crippen LogP contribution in [0.2, 0.25) is 0 Å². The number of hydrogen-bond acceptors (Lipinski definition) is 3. The van der Waals surface area contributed by atoms with Crippen molar-refractivity contribution in [2.24, 2.45) is 0 Å². The molecule has 1 saturated carbocycles. The van der Waals surface area contributed by atoms with Gasteiger partial charge in [-0.25, -0.2) is 0 Å². The highest BCUT2D eigenvalue weighted by atomic mass is 127. The van der Waals surface area contributed by atoms with Gasteiger partial charge in [0.05, 0.1) is 13.2 Å². The van der Waals surface area contributed by atoms with Crippen LogP contribution in [0.3, 0.4) is 0 Å². The zero-order valence-electron chi connectivity index (χ0n) is 9.15. The second kappa shape index (κ2) is 5.23. The molecule has 1 aromatic rings. The molecule has 0 spiro atoms. The van der Waals surface area contributed by atoms with Crippen LogP contribution in [0.1, 0.15) is 19.3 Å². The maximum absolute atomic E-state index is 9.70. The standard InChI is InChI=1S/C12H15IO3/c1-15-12-7-8(13)5-6-11(12)16-10-4-2-3-9(10)14/h5-7,9-10,14H,2-4H2,1H3. The summed E-state index contributed by atoms with van der Waals surface area (Å²) in [5, 5.41) is 9.70. The lowest BCUT2D eigenvalue weighted by Crippen LogP contribution is -2.25. The van der Waals surface area contributed by atoms with Crippen molar-refractivity contribution >= 4 is 22.6 Å². The molecule has 0 aliphatic heterocycles. The maximum atomic E-state index is 9.70. The number of benzene rings is 1. The van der Waals surface area contributed by atoms with Crippen molar-refractivity contribution in [3.05, 3.63) is 21.8 Å². The third-order valence-electron chi connectivity index (χ3n) is 2.82. The van der Waals surface area contributed by atoms with E-state index in [1.165, 1.54) is 0 Å². The summed E-state index contributed by atoms with van der Waals surface area (Å²) in [4.78, 5) is 0. The van der Waals surface area contributed by atoms with Gasteiger partial charge in [0.1, 0.15) is 6.10 Å². The molecule has 0 saturated heterocycles. The molecule has 2 unspecified atom stereocenters. The van der Waals surface area contributed by atoms with Gasteiger partial charge in [-0.3, -0.25) is 0 Å². The third-order valence-corrected chi connectivity index (χ3v) is 3.49. The summed E-state index contributed by atoms with van der Waals surface area (Å²) in [6.07, 6.45) is 2.34. The molecule has 2 atom stereocenters. The van der Waals surface area contributed by atoms with Gasteiger partial charge in [0.25, 0.3) is 0 Å². The molecule has 1 aliphatic rings. The fourth-order valence-electron chi connectivity index (χ4n) is 1.95. The maximum Gasteiger partial charge on any atom is 0.161 e. The molecule has 1 aliphatic carbocycles. The summed E-state index contributed by atoms with van der Waals surface area (Å²) < 4.78 is 12.2. The van der Waals surface area contributed by atoms with E-state index in [1.54, 1.807) is 7.11 Å². The minimum absolute atomic E-state index is 0.0889. The van der Waals surface area contributed by atoms with Crippen LogP contribution in [-0.2, 0) is 0 Å². The first kappa shape index (κ1) is 12.0. The van der Waals surface area contributed by atoms with E-state index in [1.807, 2.05) is 18.2 Å². The van der Waals surface area contributed by atoms with E-state index in [9.17, 15) is 5.11 Å². The summed E-state index contributed by atoms with van der Waals surface area (Å²) >= 11 is 2.23. The van der Waals surface area contributed by atoms with E-state index in [0.717, 1.165) is 28.6 Å². The molecule has 1 N–H and O–H groups in total. The lowest BCUT2D eigenvalue weighted by molar-refractivity contribution is 0.0586. The van der Waals surface area contributed by atoms with Gasteiger partial charge >= 0.3 is 0 Å². The molecule has 0 amide bonds. The number of methoxy groups -OCH3 is 1. The summed E-state index contributed by atoms with van der Waals surface area (Å²) in [5.74, 6) is 1.44. The topological polar surface area (TPSA) is 38.7 Å². The molecule has 1 aromatic carbocycles. The first-order chi connectivity index (χ1) is 7.70. The minimum Gasteiger partial charge on any atom is -0.493 e. The van der Waals surface area contributed by atoms with E-state index >= 15 is 0 Å². The van der Waals surface area contributed by atoms with E-state index in [-0.39, 0.29) is 12.2 Å². The van der Waals surface area contributed by atoms with Crippen LogP contribution in [0.4, 0.5) is 0 Å². The predicted molar refractivity (Wildman–Crippen MR) is 70.0 cm³/mol. The van der Waals surface area contributed by atoms with Crippen LogP contribution in [0.15, 0.2) is 18.2 Å². The molecule has 3 nitrogen and oxygen atoms in total. The van der Waals surface area contributed by atoms with E-state index in [2.05, 4.69) is 22.6 Å². The monoisotopic (exact) mass is 334 g/mol. The minimum atomic E-state index is -0.344. The molecular formula is C12H15IO3. The number of halogens is 1. The highest BCUT2D eigenvalue weighted by Gasteiger charge is 2.27. The molecule has 2 rings (SSSR count). The first-order valence-corrected chi connectivity index (χ1v) is 6.47. The Labute approximate surface area is 109 Å². The number of ether oxygens (including phenoxy) is 2. The van der Waals surface area contributed by atoms with Gasteiger partial charge in [-0.1, -0.05) is 0 Å². The average Bonchev–Trinajstić information content (AvgIpc) is 2.67. The number of hydrogen-bond donors (Lipinski definition) is 1. The van der Waals surface area contributed by atoms with Gasteiger partial charge in [-0.2, -0.15) is 0 Å². The van der Waals surface area contributed by atoms with Crippen molar-refractivity contribution in [2.45, 2.75) is 31.5 Å². The molecule has 1 fully saturated rings. The second-order valence-corrected chi connectivity index (χ2v) is 5.20. The SMILES string of the molecule is COc1cc(I)ccc1OC1CCCC1O. The Morgan fingerprint density at radius 2 is 2.12 bits per heavy atom. The Bertz CT molecular complexity index is 367. The Hall–Kier alpha value is -0.490. The molecule has 0 aromatic heterocycles. The van der Waals surface area contributed by atoms with Crippen LogP contribution in [-0.4, -0.2) is 24.4 Å². The Balaban J connectivity index is 2.14. The van der Waals surface area contributed by atoms with Crippen LogP contribution < -0.4 is 9.47 Å². The zero-order valence-corrected chi connectivity index (χ0v) is 11.3. The van der Waals surface area contributed by atoms with Crippen molar-refractivity contribution in [1.82, 2.24) is 0 Å². The van der Waals surface area contributed by atoms with E-state index < -0.39 is 0 Å². The summed E-state index contributed by atoms with van der Waals surface area (Å²) in [7, 11) is 1.63. The van der Waals surface area contributed by atoms with E-state index in [0.29, 0.717) is 5.75 Å². The van der Waals surface area contributed by atoms with Crippen molar-refractivity contribution in [3.63, 3.8) is 0 Å². The van der Waals surface area contributed by atoms with Crippen molar-refractivity contribution < 1.29 is 14.6 Å². The Morgan fingerprint density at radius 3 is 2.75 bits per heavy atom. The number of aliphatic hydroxyl groups excluding tert-OH is 1. The average molecular weight is 334 g/mol. The van der Waals surface area contributed by atoms with Gasteiger partial charge in [-0.05, 0) is 60.1 Å². The zero-order chi connectivity index (χ0) is 11.5. The molecule has 0 radical (unpaired) electrons. The number of rotatable bonds is 3. The summed E-state index contributed by atoms with van der Waals surface area (Å²) in [6.45, 7) is 0. The highest BCUT2D eigenvalue weighted by molar-refractivity contribution is 14.1. The van der Waals surface area contributed by atoms with Crippen LogP contribution in [0.5, 0.6) is 11.5 Å². The number of aliphatic hydroxyl groups is 1. The predicted octanol–water partition coefficient (Wildman–Crippen LogP) is 2.59. The van der Waals surface area contributed by atoms with Crippen molar-refractivity contribution in [1.29, 1.82) is 0 Å².